The Bertz CT molecular complexity index is 336. The van der Waals surface area contributed by atoms with E-state index in [9.17, 15) is 4.79 Å². The number of hydrogen-bond donors (Lipinski definition) is 2. The van der Waals surface area contributed by atoms with Gasteiger partial charge in [0, 0.05) is 6.54 Å². The monoisotopic (exact) mass is 225 g/mol. The van der Waals surface area contributed by atoms with Gasteiger partial charge in [0.2, 0.25) is 5.91 Å². The van der Waals surface area contributed by atoms with Crippen LogP contribution in [0.1, 0.15) is 26.0 Å². The number of amides is 1. The van der Waals surface area contributed by atoms with Crippen LogP contribution in [0.4, 0.5) is 0 Å². The molecule has 1 aromatic rings. The number of aromatic nitrogens is 3. The Morgan fingerprint density at radius 3 is 3.06 bits per heavy atom. The molecule has 0 aliphatic heterocycles. The van der Waals surface area contributed by atoms with Crippen LogP contribution in [0.5, 0.6) is 0 Å². The Kier molecular flexibility index (Phi) is 4.91. The summed E-state index contributed by atoms with van der Waals surface area (Å²) in [4.78, 5) is 10.9. The molecular formula is C10H19N5O. The van der Waals surface area contributed by atoms with Crippen LogP contribution < -0.4 is 11.1 Å². The first-order chi connectivity index (χ1) is 7.65. The molecule has 6 nitrogen and oxygen atoms in total. The molecule has 0 saturated heterocycles. The van der Waals surface area contributed by atoms with E-state index in [1.807, 2.05) is 6.20 Å². The summed E-state index contributed by atoms with van der Waals surface area (Å²) in [7, 11) is 0. The molecule has 3 N–H and O–H groups in total. The van der Waals surface area contributed by atoms with Crippen LogP contribution in [-0.4, -0.2) is 27.4 Å². The van der Waals surface area contributed by atoms with E-state index < -0.39 is 0 Å². The average Bonchev–Trinajstić information content (AvgIpc) is 2.73. The van der Waals surface area contributed by atoms with Crippen molar-refractivity contribution in [2.24, 2.45) is 11.7 Å². The topological polar surface area (TPSA) is 85.8 Å². The van der Waals surface area contributed by atoms with Gasteiger partial charge in [0.1, 0.15) is 5.69 Å². The predicted octanol–water partition coefficient (Wildman–Crippen LogP) is -0.101. The summed E-state index contributed by atoms with van der Waals surface area (Å²) in [6.45, 7) is 5.55. The molecule has 0 aromatic carbocycles. The Labute approximate surface area is 95.2 Å². The standard InChI is InChI=1S/C10H19N5O/c1-3-8(2)6-15-7-9(13-14-15)5-12-10(16)4-11/h7-8H,3-6,11H2,1-2H3,(H,12,16). The fourth-order valence-corrected chi connectivity index (χ4v) is 1.22. The molecule has 16 heavy (non-hydrogen) atoms. The van der Waals surface area contributed by atoms with Crippen molar-refractivity contribution in [3.8, 4) is 0 Å². The molecule has 1 heterocycles. The van der Waals surface area contributed by atoms with Crippen molar-refractivity contribution in [3.63, 3.8) is 0 Å². The summed E-state index contributed by atoms with van der Waals surface area (Å²) in [6.07, 6.45) is 2.96. The van der Waals surface area contributed by atoms with Gasteiger partial charge in [-0.05, 0) is 5.92 Å². The molecular weight excluding hydrogens is 206 g/mol. The van der Waals surface area contributed by atoms with E-state index in [2.05, 4.69) is 29.5 Å². The summed E-state index contributed by atoms with van der Waals surface area (Å²) < 4.78 is 1.80. The maximum Gasteiger partial charge on any atom is 0.234 e. The van der Waals surface area contributed by atoms with Gasteiger partial charge in [-0.3, -0.25) is 9.48 Å². The van der Waals surface area contributed by atoms with Gasteiger partial charge in [0.25, 0.3) is 0 Å². The summed E-state index contributed by atoms with van der Waals surface area (Å²) in [6, 6.07) is 0. The minimum Gasteiger partial charge on any atom is -0.349 e. The first-order valence-electron chi connectivity index (χ1n) is 5.51. The van der Waals surface area contributed by atoms with Gasteiger partial charge in [-0.15, -0.1) is 5.10 Å². The summed E-state index contributed by atoms with van der Waals surface area (Å²) >= 11 is 0. The number of nitrogens with one attached hydrogen (secondary N) is 1. The Morgan fingerprint density at radius 2 is 2.44 bits per heavy atom. The third kappa shape index (κ3) is 3.98. The summed E-state index contributed by atoms with van der Waals surface area (Å²) in [5, 5.41) is 10.6. The van der Waals surface area contributed by atoms with Gasteiger partial charge in [0.05, 0.1) is 19.3 Å². The highest BCUT2D eigenvalue weighted by molar-refractivity contribution is 5.77. The second-order valence-electron chi connectivity index (χ2n) is 3.93. The number of carbonyl (C=O) groups excluding carboxylic acids is 1. The molecule has 1 amide bonds. The number of carbonyl (C=O) groups is 1. The van der Waals surface area contributed by atoms with Crippen molar-refractivity contribution >= 4 is 5.91 Å². The van der Waals surface area contributed by atoms with E-state index >= 15 is 0 Å². The predicted molar refractivity (Wildman–Crippen MR) is 60.4 cm³/mol. The van der Waals surface area contributed by atoms with E-state index in [4.69, 9.17) is 5.73 Å². The fourth-order valence-electron chi connectivity index (χ4n) is 1.22. The van der Waals surface area contributed by atoms with Gasteiger partial charge in [-0.25, -0.2) is 0 Å². The van der Waals surface area contributed by atoms with Crippen LogP contribution in [0.15, 0.2) is 6.20 Å². The van der Waals surface area contributed by atoms with E-state index in [0.29, 0.717) is 12.5 Å². The third-order valence-corrected chi connectivity index (χ3v) is 2.43. The largest absolute Gasteiger partial charge is 0.349 e. The number of nitrogens with zero attached hydrogens (tertiary/aromatic N) is 3. The lowest BCUT2D eigenvalue weighted by atomic mass is 10.1. The van der Waals surface area contributed by atoms with Gasteiger partial charge in [-0.1, -0.05) is 25.5 Å². The molecule has 0 spiro atoms. The number of nitrogens with two attached hydrogens (primary N) is 1. The molecule has 1 atom stereocenters. The Balaban J connectivity index is 2.42. The van der Waals surface area contributed by atoms with Crippen LogP contribution >= 0.6 is 0 Å². The lowest BCUT2D eigenvalue weighted by Crippen LogP contribution is -2.29. The molecule has 0 saturated carbocycles. The van der Waals surface area contributed by atoms with Crippen LogP contribution in [0, 0.1) is 5.92 Å². The third-order valence-electron chi connectivity index (χ3n) is 2.43. The second-order valence-corrected chi connectivity index (χ2v) is 3.93. The second kappa shape index (κ2) is 6.22. The molecule has 6 heteroatoms. The minimum atomic E-state index is -0.184. The van der Waals surface area contributed by atoms with Crippen LogP contribution in [-0.2, 0) is 17.9 Å². The first kappa shape index (κ1) is 12.6. The van der Waals surface area contributed by atoms with E-state index in [1.165, 1.54) is 0 Å². The van der Waals surface area contributed by atoms with Crippen LogP contribution in [0.3, 0.4) is 0 Å². The van der Waals surface area contributed by atoms with Crippen molar-refractivity contribution in [3.05, 3.63) is 11.9 Å². The van der Waals surface area contributed by atoms with Gasteiger partial charge >= 0.3 is 0 Å². The Hall–Kier alpha value is -1.43. The molecule has 0 aliphatic rings. The van der Waals surface area contributed by atoms with Crippen molar-refractivity contribution in [1.29, 1.82) is 0 Å². The smallest absolute Gasteiger partial charge is 0.234 e. The molecule has 90 valence electrons. The minimum absolute atomic E-state index is 0.000998. The fraction of sp³-hybridized carbons (Fsp3) is 0.700. The molecule has 0 radical (unpaired) electrons. The van der Waals surface area contributed by atoms with Gasteiger partial charge in [-0.2, -0.15) is 0 Å². The summed E-state index contributed by atoms with van der Waals surface area (Å²) in [5.41, 5.74) is 5.93. The maximum atomic E-state index is 10.9. The highest BCUT2D eigenvalue weighted by Crippen LogP contribution is 2.04. The zero-order chi connectivity index (χ0) is 12.0. The maximum absolute atomic E-state index is 10.9. The molecule has 0 fully saturated rings. The van der Waals surface area contributed by atoms with Crippen LogP contribution in [0.25, 0.3) is 0 Å². The molecule has 0 aliphatic carbocycles. The van der Waals surface area contributed by atoms with E-state index in [0.717, 1.165) is 18.7 Å². The number of hydrogen-bond acceptors (Lipinski definition) is 4. The highest BCUT2D eigenvalue weighted by Gasteiger charge is 2.05. The van der Waals surface area contributed by atoms with Crippen molar-refractivity contribution in [2.45, 2.75) is 33.4 Å². The van der Waals surface area contributed by atoms with E-state index in [1.54, 1.807) is 4.68 Å². The zero-order valence-corrected chi connectivity index (χ0v) is 9.81. The van der Waals surface area contributed by atoms with Gasteiger partial charge in [0.15, 0.2) is 0 Å². The van der Waals surface area contributed by atoms with Gasteiger partial charge < -0.3 is 11.1 Å². The van der Waals surface area contributed by atoms with E-state index in [-0.39, 0.29) is 12.5 Å². The normalized spacial score (nSPS) is 12.4. The molecule has 1 aromatic heterocycles. The summed E-state index contributed by atoms with van der Waals surface area (Å²) in [5.74, 6) is 0.393. The van der Waals surface area contributed by atoms with Crippen molar-refractivity contribution in [2.75, 3.05) is 6.54 Å². The molecule has 0 bridgehead atoms. The van der Waals surface area contributed by atoms with Crippen molar-refractivity contribution in [1.82, 2.24) is 20.3 Å². The lowest BCUT2D eigenvalue weighted by Gasteiger charge is -2.06. The molecule has 1 unspecified atom stereocenters. The quantitative estimate of drug-likeness (QED) is 0.708. The average molecular weight is 225 g/mol. The first-order valence-corrected chi connectivity index (χ1v) is 5.51. The highest BCUT2D eigenvalue weighted by atomic mass is 16.1. The Morgan fingerprint density at radius 1 is 1.69 bits per heavy atom. The zero-order valence-electron chi connectivity index (χ0n) is 9.81. The lowest BCUT2D eigenvalue weighted by molar-refractivity contribution is -0.119. The van der Waals surface area contributed by atoms with Crippen molar-refractivity contribution < 1.29 is 4.79 Å². The number of rotatable bonds is 6. The SMILES string of the molecule is CCC(C)Cn1cc(CNC(=O)CN)nn1. The molecule has 1 rings (SSSR count). The van der Waals surface area contributed by atoms with Crippen LogP contribution in [0.2, 0.25) is 0 Å².